The van der Waals surface area contributed by atoms with Crippen molar-refractivity contribution in [2.24, 2.45) is 0 Å². The quantitative estimate of drug-likeness (QED) is 0.796. The van der Waals surface area contributed by atoms with Crippen LogP contribution in [-0.4, -0.2) is 40.3 Å². The molecule has 2 amide bonds. The maximum Gasteiger partial charge on any atom is 0.276 e. The summed E-state index contributed by atoms with van der Waals surface area (Å²) in [5.41, 5.74) is 0.448. The van der Waals surface area contributed by atoms with Crippen LogP contribution < -0.4 is 4.90 Å². The van der Waals surface area contributed by atoms with Gasteiger partial charge in [0.05, 0.1) is 6.20 Å². The van der Waals surface area contributed by atoms with E-state index >= 15 is 0 Å². The molecule has 1 aromatic heterocycles. The van der Waals surface area contributed by atoms with Gasteiger partial charge in [0.15, 0.2) is 11.5 Å². The fourth-order valence-corrected chi connectivity index (χ4v) is 4.32. The standard InChI is InChI=1S/C21H21F2N3O2/c1-14-4-6-16(7-5-14)25-10-2-8-21(20(25)28)9-3-11-26(21)19(27)18-17(23)12-15(22)13-24-18/h4-7,12-13H,2-3,8-11H2,1H3. The third-order valence-corrected chi connectivity index (χ3v) is 5.71. The van der Waals surface area contributed by atoms with Crippen molar-refractivity contribution >= 4 is 17.5 Å². The van der Waals surface area contributed by atoms with Crippen LogP contribution in [-0.2, 0) is 4.79 Å². The lowest BCUT2D eigenvalue weighted by molar-refractivity contribution is -0.130. The van der Waals surface area contributed by atoms with E-state index in [1.165, 1.54) is 4.90 Å². The summed E-state index contributed by atoms with van der Waals surface area (Å²) in [4.78, 5) is 33.3. The smallest absolute Gasteiger partial charge is 0.276 e. The van der Waals surface area contributed by atoms with Crippen molar-refractivity contribution in [1.29, 1.82) is 0 Å². The number of halogens is 2. The van der Waals surface area contributed by atoms with Crippen LogP contribution >= 0.6 is 0 Å². The monoisotopic (exact) mass is 385 g/mol. The average Bonchev–Trinajstić information content (AvgIpc) is 3.09. The highest BCUT2D eigenvalue weighted by Gasteiger charge is 2.53. The van der Waals surface area contributed by atoms with Crippen molar-refractivity contribution in [1.82, 2.24) is 9.88 Å². The summed E-state index contributed by atoms with van der Waals surface area (Å²) < 4.78 is 27.3. The summed E-state index contributed by atoms with van der Waals surface area (Å²) in [5.74, 6) is -2.65. The summed E-state index contributed by atoms with van der Waals surface area (Å²) in [6.45, 7) is 2.91. The van der Waals surface area contributed by atoms with Crippen LogP contribution in [0.15, 0.2) is 36.5 Å². The van der Waals surface area contributed by atoms with Crippen LogP contribution in [0.2, 0.25) is 0 Å². The minimum absolute atomic E-state index is 0.143. The minimum atomic E-state index is -1.01. The van der Waals surface area contributed by atoms with Crippen molar-refractivity contribution in [2.75, 3.05) is 18.0 Å². The largest absolute Gasteiger partial charge is 0.322 e. The Morgan fingerprint density at radius 1 is 1.11 bits per heavy atom. The molecular weight excluding hydrogens is 364 g/mol. The number of aromatic nitrogens is 1. The van der Waals surface area contributed by atoms with Crippen LogP contribution in [0.4, 0.5) is 14.5 Å². The lowest BCUT2D eigenvalue weighted by atomic mass is 9.84. The topological polar surface area (TPSA) is 53.5 Å². The van der Waals surface area contributed by atoms with Gasteiger partial charge >= 0.3 is 0 Å². The highest BCUT2D eigenvalue weighted by molar-refractivity contribution is 6.05. The molecule has 2 aliphatic heterocycles. The summed E-state index contributed by atoms with van der Waals surface area (Å²) in [6, 6.07) is 8.33. The number of rotatable bonds is 2. The molecule has 1 aromatic carbocycles. The predicted molar refractivity (Wildman–Crippen MR) is 99.9 cm³/mol. The zero-order valence-electron chi connectivity index (χ0n) is 15.6. The first-order valence-electron chi connectivity index (χ1n) is 9.44. The molecule has 0 bridgehead atoms. The second kappa shape index (κ2) is 6.96. The second-order valence-corrected chi connectivity index (χ2v) is 7.47. The molecule has 1 spiro atoms. The number of aryl methyl sites for hydroxylation is 1. The maximum absolute atomic E-state index is 14.1. The van der Waals surface area contributed by atoms with Crippen LogP contribution in [0.1, 0.15) is 41.7 Å². The molecule has 5 nitrogen and oxygen atoms in total. The van der Waals surface area contributed by atoms with Crippen molar-refractivity contribution in [2.45, 2.75) is 38.1 Å². The molecule has 2 aliphatic rings. The van der Waals surface area contributed by atoms with Gasteiger partial charge in [-0.3, -0.25) is 9.59 Å². The second-order valence-electron chi connectivity index (χ2n) is 7.47. The molecule has 0 saturated carbocycles. The van der Waals surface area contributed by atoms with Gasteiger partial charge in [-0.15, -0.1) is 0 Å². The van der Waals surface area contributed by atoms with Gasteiger partial charge in [-0.25, -0.2) is 13.8 Å². The number of carbonyl (C=O) groups excluding carboxylic acids is 2. The Kier molecular flexibility index (Phi) is 4.61. The van der Waals surface area contributed by atoms with Gasteiger partial charge in [0.1, 0.15) is 11.4 Å². The van der Waals surface area contributed by atoms with Gasteiger partial charge in [0, 0.05) is 24.8 Å². The fraction of sp³-hybridized carbons (Fsp3) is 0.381. The zero-order valence-corrected chi connectivity index (χ0v) is 15.6. The van der Waals surface area contributed by atoms with Crippen molar-refractivity contribution < 1.29 is 18.4 Å². The highest BCUT2D eigenvalue weighted by atomic mass is 19.1. The first kappa shape index (κ1) is 18.5. The molecule has 2 saturated heterocycles. The molecule has 0 aliphatic carbocycles. The number of carbonyl (C=O) groups is 2. The molecule has 1 atom stereocenters. The average molecular weight is 385 g/mol. The lowest BCUT2D eigenvalue weighted by Gasteiger charge is -2.44. The van der Waals surface area contributed by atoms with Crippen LogP contribution in [0.25, 0.3) is 0 Å². The first-order valence-corrected chi connectivity index (χ1v) is 9.44. The number of hydrogen-bond donors (Lipinski definition) is 0. The summed E-state index contributed by atoms with van der Waals surface area (Å²) in [6.07, 6.45) is 3.27. The maximum atomic E-state index is 14.1. The predicted octanol–water partition coefficient (Wildman–Crippen LogP) is 3.47. The van der Waals surface area contributed by atoms with E-state index in [0.29, 0.717) is 38.4 Å². The summed E-state index contributed by atoms with van der Waals surface area (Å²) in [7, 11) is 0. The number of nitrogens with zero attached hydrogens (tertiary/aromatic N) is 3. The van der Waals surface area contributed by atoms with Gasteiger partial charge in [-0.2, -0.15) is 0 Å². The van der Waals surface area contributed by atoms with Gasteiger partial charge in [0.25, 0.3) is 11.8 Å². The van der Waals surface area contributed by atoms with E-state index in [2.05, 4.69) is 4.98 Å². The molecule has 146 valence electrons. The summed E-state index contributed by atoms with van der Waals surface area (Å²) in [5, 5.41) is 0. The first-order chi connectivity index (χ1) is 13.4. The van der Waals surface area contributed by atoms with E-state index in [0.717, 1.165) is 23.9 Å². The van der Waals surface area contributed by atoms with Crippen molar-refractivity contribution in [3.63, 3.8) is 0 Å². The van der Waals surface area contributed by atoms with E-state index in [4.69, 9.17) is 0 Å². The van der Waals surface area contributed by atoms with Crippen LogP contribution in [0.3, 0.4) is 0 Å². The van der Waals surface area contributed by atoms with E-state index in [1.807, 2.05) is 31.2 Å². The number of likely N-dealkylation sites (tertiary alicyclic amines) is 1. The third kappa shape index (κ3) is 2.95. The Hall–Kier alpha value is -2.83. The number of anilines is 1. The van der Waals surface area contributed by atoms with Gasteiger partial charge in [-0.05, 0) is 44.7 Å². The summed E-state index contributed by atoms with van der Waals surface area (Å²) >= 11 is 0. The lowest BCUT2D eigenvalue weighted by Crippen LogP contribution is -2.61. The Morgan fingerprint density at radius 2 is 1.79 bits per heavy atom. The molecule has 28 heavy (non-hydrogen) atoms. The number of benzene rings is 1. The van der Waals surface area contributed by atoms with Gasteiger partial charge in [0.2, 0.25) is 0 Å². The van der Waals surface area contributed by atoms with E-state index in [9.17, 15) is 18.4 Å². The molecule has 2 aromatic rings. The molecule has 0 N–H and O–H groups in total. The van der Waals surface area contributed by atoms with Crippen LogP contribution in [0, 0.1) is 18.6 Å². The molecule has 3 heterocycles. The van der Waals surface area contributed by atoms with Gasteiger partial charge < -0.3 is 9.80 Å². The SMILES string of the molecule is Cc1ccc(N2CCCC3(CCCN3C(=O)c3ncc(F)cc3F)C2=O)cc1. The number of amides is 2. The Labute approximate surface area is 162 Å². The number of piperidine rings is 1. The van der Waals surface area contributed by atoms with Crippen molar-refractivity contribution in [3.05, 3.63) is 59.4 Å². The minimum Gasteiger partial charge on any atom is -0.322 e. The Morgan fingerprint density at radius 3 is 2.46 bits per heavy atom. The zero-order chi connectivity index (χ0) is 19.9. The Bertz CT molecular complexity index is 932. The van der Waals surface area contributed by atoms with Crippen LogP contribution in [0.5, 0.6) is 0 Å². The molecule has 2 fully saturated rings. The Balaban J connectivity index is 1.67. The number of pyridine rings is 1. The third-order valence-electron chi connectivity index (χ3n) is 5.71. The molecule has 7 heteroatoms. The van der Waals surface area contributed by atoms with E-state index in [-0.39, 0.29) is 5.91 Å². The van der Waals surface area contributed by atoms with E-state index < -0.39 is 28.8 Å². The molecule has 4 rings (SSSR count). The normalized spacial score (nSPS) is 22.2. The fourth-order valence-electron chi connectivity index (χ4n) is 4.32. The van der Waals surface area contributed by atoms with E-state index in [1.54, 1.807) is 4.90 Å². The number of hydrogen-bond acceptors (Lipinski definition) is 3. The van der Waals surface area contributed by atoms with Crippen molar-refractivity contribution in [3.8, 4) is 0 Å². The molecular formula is C21H21F2N3O2. The van der Waals surface area contributed by atoms with Gasteiger partial charge in [-0.1, -0.05) is 17.7 Å². The molecule has 1 unspecified atom stereocenters. The molecule has 0 radical (unpaired) electrons. The highest BCUT2D eigenvalue weighted by Crippen LogP contribution is 2.40.